The molecule has 1 aromatic carbocycles. The van der Waals surface area contributed by atoms with E-state index >= 15 is 0 Å². The number of alkyl halides is 1. The summed E-state index contributed by atoms with van der Waals surface area (Å²) in [5.74, 6) is 0.889. The minimum Gasteiger partial charge on any atom is -0.485 e. The van der Waals surface area contributed by atoms with E-state index < -0.39 is 0 Å². The molecule has 0 saturated heterocycles. The van der Waals surface area contributed by atoms with E-state index in [0.29, 0.717) is 6.61 Å². The third kappa shape index (κ3) is 5.55. The van der Waals surface area contributed by atoms with Crippen LogP contribution in [-0.4, -0.2) is 18.8 Å². The van der Waals surface area contributed by atoms with Gasteiger partial charge in [-0.2, -0.15) is 0 Å². The van der Waals surface area contributed by atoms with Crippen LogP contribution in [0, 0.1) is 0 Å². The van der Waals surface area contributed by atoms with Crippen LogP contribution >= 0.6 is 15.9 Å². The first-order valence-electron chi connectivity index (χ1n) is 5.99. The van der Waals surface area contributed by atoms with Crippen molar-refractivity contribution in [3.8, 4) is 5.75 Å². The predicted molar refractivity (Wildman–Crippen MR) is 74.9 cm³/mol. The van der Waals surface area contributed by atoms with Crippen LogP contribution in [0.25, 0.3) is 0 Å². The fourth-order valence-corrected chi connectivity index (χ4v) is 1.83. The number of halogens is 1. The molecular formula is C14H21BrO2. The molecule has 1 rings (SSSR count). The van der Waals surface area contributed by atoms with Crippen molar-refractivity contribution >= 4 is 15.9 Å². The molecule has 96 valence electrons. The molecule has 0 radical (unpaired) electrons. The molecule has 17 heavy (non-hydrogen) atoms. The van der Waals surface area contributed by atoms with Gasteiger partial charge in [0.05, 0.1) is 6.61 Å². The molecule has 0 N–H and O–H groups in total. The van der Waals surface area contributed by atoms with Gasteiger partial charge >= 0.3 is 0 Å². The van der Waals surface area contributed by atoms with E-state index in [0.717, 1.165) is 24.1 Å². The summed E-state index contributed by atoms with van der Waals surface area (Å²) in [6.07, 6.45) is 1.04. The highest BCUT2D eigenvalue weighted by molar-refractivity contribution is 9.08. The lowest BCUT2D eigenvalue weighted by Crippen LogP contribution is -2.34. The van der Waals surface area contributed by atoms with E-state index in [9.17, 15) is 0 Å². The van der Waals surface area contributed by atoms with Crippen molar-refractivity contribution in [1.29, 1.82) is 0 Å². The normalized spacial score (nSPS) is 11.5. The van der Waals surface area contributed by atoms with Crippen molar-refractivity contribution in [2.45, 2.75) is 38.1 Å². The minimum atomic E-state index is -0.287. The van der Waals surface area contributed by atoms with Gasteiger partial charge in [-0.1, -0.05) is 35.0 Å². The van der Waals surface area contributed by atoms with Crippen LogP contribution in [-0.2, 0) is 10.1 Å². The first-order chi connectivity index (χ1) is 8.07. The summed E-state index contributed by atoms with van der Waals surface area (Å²) in [5.41, 5.74) is 0.961. The van der Waals surface area contributed by atoms with Crippen LogP contribution in [0.3, 0.4) is 0 Å². The van der Waals surface area contributed by atoms with E-state index in [-0.39, 0.29) is 5.60 Å². The molecule has 0 spiro atoms. The Bertz CT molecular complexity index is 319. The van der Waals surface area contributed by atoms with Gasteiger partial charge < -0.3 is 9.47 Å². The second kappa shape index (κ2) is 7.02. The van der Waals surface area contributed by atoms with Gasteiger partial charge in [-0.25, -0.2) is 0 Å². The maximum atomic E-state index is 5.91. The fraction of sp³-hybridized carbons (Fsp3) is 0.571. The fourth-order valence-electron chi connectivity index (χ4n) is 1.46. The molecule has 0 aromatic heterocycles. The maximum Gasteiger partial charge on any atom is 0.127 e. The van der Waals surface area contributed by atoms with Crippen molar-refractivity contribution in [2.75, 3.05) is 13.2 Å². The van der Waals surface area contributed by atoms with E-state index in [4.69, 9.17) is 9.47 Å². The van der Waals surface area contributed by atoms with Gasteiger partial charge in [-0.3, -0.25) is 0 Å². The Kier molecular flexibility index (Phi) is 6.00. The lowest BCUT2D eigenvalue weighted by Gasteiger charge is -2.26. The molecule has 0 atom stereocenters. The number of hydrogen-bond acceptors (Lipinski definition) is 2. The summed E-state index contributed by atoms with van der Waals surface area (Å²) < 4.78 is 11.4. The van der Waals surface area contributed by atoms with Gasteiger partial charge in [-0.15, -0.1) is 0 Å². The van der Waals surface area contributed by atoms with Crippen molar-refractivity contribution in [3.05, 3.63) is 29.8 Å². The second-order valence-corrected chi connectivity index (χ2v) is 5.25. The summed E-state index contributed by atoms with van der Waals surface area (Å²) >= 11 is 3.42. The van der Waals surface area contributed by atoms with Crippen LogP contribution < -0.4 is 4.74 Å². The Morgan fingerprint density at radius 1 is 1.18 bits per heavy atom. The first kappa shape index (κ1) is 14.5. The monoisotopic (exact) mass is 300 g/mol. The van der Waals surface area contributed by atoms with E-state index in [1.165, 1.54) is 5.56 Å². The smallest absolute Gasteiger partial charge is 0.127 e. The first-order valence-corrected chi connectivity index (χ1v) is 7.11. The highest BCUT2D eigenvalue weighted by Crippen LogP contribution is 2.20. The van der Waals surface area contributed by atoms with E-state index in [1.54, 1.807) is 0 Å². The van der Waals surface area contributed by atoms with E-state index in [1.807, 2.05) is 26.0 Å². The van der Waals surface area contributed by atoms with E-state index in [2.05, 4.69) is 35.0 Å². The molecule has 3 heteroatoms. The Hall–Kier alpha value is -0.540. The zero-order valence-electron chi connectivity index (χ0n) is 10.8. The summed E-state index contributed by atoms with van der Waals surface area (Å²) in [5, 5.41) is 0.871. The molecule has 0 unspecified atom stereocenters. The summed E-state index contributed by atoms with van der Waals surface area (Å²) in [6, 6.07) is 8.12. The highest BCUT2D eigenvalue weighted by atomic mass is 79.9. The quantitative estimate of drug-likeness (QED) is 0.556. The van der Waals surface area contributed by atoms with Crippen molar-refractivity contribution in [3.63, 3.8) is 0 Å². The maximum absolute atomic E-state index is 5.91. The zero-order chi connectivity index (χ0) is 12.7. The van der Waals surface area contributed by atoms with Crippen LogP contribution in [0.2, 0.25) is 0 Å². The molecule has 0 aliphatic rings. The molecule has 0 aliphatic carbocycles. The zero-order valence-corrected chi connectivity index (χ0v) is 12.4. The molecular weight excluding hydrogens is 280 g/mol. The Labute approximate surface area is 112 Å². The second-order valence-electron chi connectivity index (χ2n) is 4.69. The van der Waals surface area contributed by atoms with Crippen LogP contribution in [0.4, 0.5) is 0 Å². The molecule has 1 aromatic rings. The third-order valence-corrected chi connectivity index (χ3v) is 2.92. The average Bonchev–Trinajstić information content (AvgIpc) is 2.30. The van der Waals surface area contributed by atoms with Crippen LogP contribution in [0.15, 0.2) is 24.3 Å². The van der Waals surface area contributed by atoms with Gasteiger partial charge in [-0.05, 0) is 38.0 Å². The Morgan fingerprint density at radius 3 is 2.35 bits per heavy atom. The molecule has 0 bridgehead atoms. The molecule has 0 aliphatic heterocycles. The summed E-state index contributed by atoms with van der Waals surface area (Å²) in [7, 11) is 0. The highest BCUT2D eigenvalue weighted by Gasteiger charge is 2.19. The summed E-state index contributed by atoms with van der Waals surface area (Å²) in [6.45, 7) is 7.59. The molecule has 0 saturated carbocycles. The largest absolute Gasteiger partial charge is 0.485 e. The SMILES string of the molecule is CCCOCC(C)(C)Oc1ccc(CBr)cc1. The van der Waals surface area contributed by atoms with Crippen molar-refractivity contribution in [1.82, 2.24) is 0 Å². The lowest BCUT2D eigenvalue weighted by atomic mass is 10.1. The van der Waals surface area contributed by atoms with Gasteiger partial charge in [0.25, 0.3) is 0 Å². The van der Waals surface area contributed by atoms with Gasteiger partial charge in [0, 0.05) is 11.9 Å². The van der Waals surface area contributed by atoms with Crippen molar-refractivity contribution < 1.29 is 9.47 Å². The van der Waals surface area contributed by atoms with Crippen LogP contribution in [0.1, 0.15) is 32.8 Å². The summed E-state index contributed by atoms with van der Waals surface area (Å²) in [4.78, 5) is 0. The van der Waals surface area contributed by atoms with Gasteiger partial charge in [0.2, 0.25) is 0 Å². The molecule has 0 fully saturated rings. The molecule has 0 amide bonds. The molecule has 2 nitrogen and oxygen atoms in total. The lowest BCUT2D eigenvalue weighted by molar-refractivity contribution is -0.00300. The number of rotatable bonds is 7. The third-order valence-electron chi connectivity index (χ3n) is 2.27. The van der Waals surface area contributed by atoms with Crippen LogP contribution in [0.5, 0.6) is 5.75 Å². The van der Waals surface area contributed by atoms with Gasteiger partial charge in [0.15, 0.2) is 0 Å². The van der Waals surface area contributed by atoms with Gasteiger partial charge in [0.1, 0.15) is 11.4 Å². The number of hydrogen-bond donors (Lipinski definition) is 0. The number of benzene rings is 1. The standard InChI is InChI=1S/C14H21BrO2/c1-4-9-16-11-14(2,3)17-13-7-5-12(10-15)6-8-13/h5-8H,4,9-11H2,1-3H3. The minimum absolute atomic E-state index is 0.287. The average molecular weight is 301 g/mol. The predicted octanol–water partition coefficient (Wildman–Crippen LogP) is 4.17. The van der Waals surface area contributed by atoms with Crippen molar-refractivity contribution in [2.24, 2.45) is 0 Å². The topological polar surface area (TPSA) is 18.5 Å². The Balaban J connectivity index is 2.50. The number of ether oxygens (including phenoxy) is 2. The Morgan fingerprint density at radius 2 is 1.82 bits per heavy atom. The molecule has 0 heterocycles.